The van der Waals surface area contributed by atoms with E-state index in [1.54, 1.807) is 32.5 Å². The Morgan fingerprint density at radius 1 is 1.21 bits per heavy atom. The zero-order valence-corrected chi connectivity index (χ0v) is 11.8. The van der Waals surface area contributed by atoms with Gasteiger partial charge in [-0.25, -0.2) is 9.59 Å². The van der Waals surface area contributed by atoms with Gasteiger partial charge in [-0.1, -0.05) is 30.0 Å². The minimum Gasteiger partial charge on any atom is -0.329 e. The summed E-state index contributed by atoms with van der Waals surface area (Å²) in [5, 5.41) is 5.40. The minimum atomic E-state index is -0.439. The fourth-order valence-electron chi connectivity index (χ4n) is 1.09. The van der Waals surface area contributed by atoms with Gasteiger partial charge < -0.3 is 10.2 Å². The molecule has 0 aliphatic heterocycles. The van der Waals surface area contributed by atoms with Crippen molar-refractivity contribution in [3.8, 4) is 0 Å². The van der Waals surface area contributed by atoms with Crippen molar-refractivity contribution in [1.29, 1.82) is 0 Å². The smallest absolute Gasteiger partial charge is 0.329 e. The maximum Gasteiger partial charge on any atom is 0.345 e. The molecule has 0 bridgehead atoms. The second-order valence-corrected chi connectivity index (χ2v) is 4.54. The molecular weight excluding hydrogens is 264 g/mol. The van der Waals surface area contributed by atoms with Crippen molar-refractivity contribution in [2.24, 2.45) is 4.99 Å². The molecular formula is C12H16N4O2S. The van der Waals surface area contributed by atoms with Crippen LogP contribution < -0.4 is 10.6 Å². The normalized spacial score (nSPS) is 10.8. The van der Waals surface area contributed by atoms with E-state index in [2.05, 4.69) is 15.6 Å². The molecule has 0 heterocycles. The van der Waals surface area contributed by atoms with Gasteiger partial charge in [0, 0.05) is 19.8 Å². The number of nitrogens with one attached hydrogen (secondary N) is 2. The van der Waals surface area contributed by atoms with E-state index >= 15 is 0 Å². The Bertz CT molecular complexity index is 474. The molecule has 0 saturated heterocycles. The molecule has 1 aromatic rings. The molecule has 0 saturated carbocycles. The maximum absolute atomic E-state index is 11.7. The van der Waals surface area contributed by atoms with Gasteiger partial charge in [0.1, 0.15) is 0 Å². The first-order valence-corrected chi connectivity index (χ1v) is 6.72. The van der Waals surface area contributed by atoms with Crippen LogP contribution in [0.4, 0.5) is 15.3 Å². The van der Waals surface area contributed by atoms with Crippen LogP contribution in [0.1, 0.15) is 0 Å². The molecule has 0 aromatic heterocycles. The highest BCUT2D eigenvalue weighted by Crippen LogP contribution is 2.05. The van der Waals surface area contributed by atoms with E-state index in [-0.39, 0.29) is 5.17 Å². The number of rotatable bonds is 1. The van der Waals surface area contributed by atoms with Crippen LogP contribution in [0, 0.1) is 0 Å². The van der Waals surface area contributed by atoms with Gasteiger partial charge in [-0.2, -0.15) is 4.99 Å². The average Bonchev–Trinajstić information content (AvgIpc) is 2.38. The molecule has 4 amide bonds. The van der Waals surface area contributed by atoms with Crippen LogP contribution in [0.25, 0.3) is 0 Å². The van der Waals surface area contributed by atoms with Gasteiger partial charge in [0.15, 0.2) is 5.17 Å². The topological polar surface area (TPSA) is 73.8 Å². The average molecular weight is 280 g/mol. The van der Waals surface area contributed by atoms with Crippen LogP contribution in [0.5, 0.6) is 0 Å². The summed E-state index contributed by atoms with van der Waals surface area (Å²) in [7, 11) is 3.18. The van der Waals surface area contributed by atoms with E-state index in [1.165, 1.54) is 16.7 Å². The summed E-state index contributed by atoms with van der Waals surface area (Å²) in [5.41, 5.74) is 0.666. The summed E-state index contributed by atoms with van der Waals surface area (Å²) in [5.74, 6) is 0. The molecule has 0 atom stereocenters. The van der Waals surface area contributed by atoms with Crippen LogP contribution in [0.3, 0.4) is 0 Å². The molecule has 0 spiro atoms. The number of carbonyl (C=O) groups excluding carboxylic acids is 2. The molecule has 7 heteroatoms. The molecule has 2 N–H and O–H groups in total. The van der Waals surface area contributed by atoms with Crippen LogP contribution >= 0.6 is 11.8 Å². The molecule has 0 radical (unpaired) electrons. The highest BCUT2D eigenvalue weighted by molar-refractivity contribution is 8.13. The van der Waals surface area contributed by atoms with Gasteiger partial charge in [-0.15, -0.1) is 0 Å². The largest absolute Gasteiger partial charge is 0.345 e. The third kappa shape index (κ3) is 5.43. The lowest BCUT2D eigenvalue weighted by Gasteiger charge is -2.10. The van der Waals surface area contributed by atoms with Gasteiger partial charge in [-0.3, -0.25) is 5.32 Å². The number of amidine groups is 1. The maximum atomic E-state index is 11.7. The monoisotopic (exact) mass is 280 g/mol. The molecule has 1 aromatic carbocycles. The standard InChI is InChI=1S/C12H16N4O2S/c1-16(2)12(18)15-11(19-3)14-10(17)13-9-7-5-4-6-8-9/h4-8H,1-3H3,(H2,13,14,15,17,18). The Hall–Kier alpha value is -2.02. The predicted octanol–water partition coefficient (Wildman–Crippen LogP) is 2.21. The van der Waals surface area contributed by atoms with Gasteiger partial charge in [0.25, 0.3) is 0 Å². The number of nitrogens with zero attached hydrogens (tertiary/aromatic N) is 2. The summed E-state index contributed by atoms with van der Waals surface area (Å²) < 4.78 is 0. The number of para-hydroxylation sites is 1. The molecule has 19 heavy (non-hydrogen) atoms. The first kappa shape index (κ1) is 15.0. The highest BCUT2D eigenvalue weighted by atomic mass is 32.2. The lowest BCUT2D eigenvalue weighted by atomic mass is 10.3. The van der Waals surface area contributed by atoms with Crippen molar-refractivity contribution in [3.63, 3.8) is 0 Å². The Morgan fingerprint density at radius 3 is 2.37 bits per heavy atom. The Labute approximate surface area is 116 Å². The number of amides is 4. The van der Waals surface area contributed by atoms with Crippen molar-refractivity contribution >= 4 is 34.7 Å². The zero-order chi connectivity index (χ0) is 14.3. The van der Waals surface area contributed by atoms with Crippen molar-refractivity contribution in [2.75, 3.05) is 25.7 Å². The summed E-state index contributed by atoms with van der Waals surface area (Å²) in [6, 6.07) is 8.15. The summed E-state index contributed by atoms with van der Waals surface area (Å²) in [6.07, 6.45) is 1.73. The van der Waals surface area contributed by atoms with E-state index in [0.717, 1.165) is 0 Å². The second-order valence-electron chi connectivity index (χ2n) is 3.74. The van der Waals surface area contributed by atoms with E-state index < -0.39 is 12.1 Å². The number of benzene rings is 1. The van der Waals surface area contributed by atoms with Crippen molar-refractivity contribution in [2.45, 2.75) is 0 Å². The summed E-state index contributed by atoms with van der Waals surface area (Å²) in [6.45, 7) is 0. The molecule has 1 rings (SSSR count). The molecule has 0 fully saturated rings. The number of carbonyl (C=O) groups is 2. The second kappa shape index (κ2) is 7.42. The number of anilines is 1. The summed E-state index contributed by atoms with van der Waals surface area (Å²) in [4.78, 5) is 28.2. The third-order valence-electron chi connectivity index (χ3n) is 2.03. The predicted molar refractivity (Wildman–Crippen MR) is 78.6 cm³/mol. The Morgan fingerprint density at radius 2 is 1.84 bits per heavy atom. The van der Waals surface area contributed by atoms with Gasteiger partial charge in [0.2, 0.25) is 0 Å². The van der Waals surface area contributed by atoms with E-state index in [4.69, 9.17) is 0 Å². The van der Waals surface area contributed by atoms with E-state index in [9.17, 15) is 9.59 Å². The summed E-state index contributed by atoms with van der Waals surface area (Å²) >= 11 is 1.19. The molecule has 0 aliphatic rings. The molecule has 102 valence electrons. The van der Waals surface area contributed by atoms with Gasteiger partial charge in [-0.05, 0) is 18.4 Å². The van der Waals surface area contributed by atoms with Crippen LogP contribution in [-0.4, -0.2) is 42.5 Å². The van der Waals surface area contributed by atoms with Crippen molar-refractivity contribution in [1.82, 2.24) is 10.2 Å². The lowest BCUT2D eigenvalue weighted by molar-refractivity contribution is 0.227. The van der Waals surface area contributed by atoms with Crippen molar-refractivity contribution < 1.29 is 9.59 Å². The van der Waals surface area contributed by atoms with Crippen LogP contribution in [0.15, 0.2) is 35.3 Å². The Balaban J connectivity index is 2.61. The Kier molecular flexibility index (Phi) is 5.87. The first-order chi connectivity index (χ1) is 9.02. The quantitative estimate of drug-likeness (QED) is 0.612. The van der Waals surface area contributed by atoms with Crippen LogP contribution in [0.2, 0.25) is 0 Å². The van der Waals surface area contributed by atoms with E-state index in [0.29, 0.717) is 5.69 Å². The molecule has 0 unspecified atom stereocenters. The minimum absolute atomic E-state index is 0.243. The van der Waals surface area contributed by atoms with Crippen molar-refractivity contribution in [3.05, 3.63) is 30.3 Å². The zero-order valence-electron chi connectivity index (χ0n) is 11.0. The number of hydrogen-bond acceptors (Lipinski definition) is 3. The fraction of sp³-hybridized carbons (Fsp3) is 0.250. The highest BCUT2D eigenvalue weighted by Gasteiger charge is 2.08. The number of hydrogen-bond donors (Lipinski definition) is 2. The van der Waals surface area contributed by atoms with Gasteiger partial charge >= 0.3 is 12.1 Å². The molecule has 6 nitrogen and oxygen atoms in total. The lowest BCUT2D eigenvalue weighted by Crippen LogP contribution is -2.34. The third-order valence-corrected chi connectivity index (χ3v) is 2.61. The van der Waals surface area contributed by atoms with E-state index in [1.807, 2.05) is 18.2 Å². The SMILES string of the molecule is CSC(=NC(=O)N(C)C)NC(=O)Nc1ccccc1. The fourth-order valence-corrected chi connectivity index (χ4v) is 1.46. The number of urea groups is 2. The van der Waals surface area contributed by atoms with Crippen LogP contribution in [-0.2, 0) is 0 Å². The molecule has 0 aliphatic carbocycles. The number of thioether (sulfide) groups is 1. The number of aliphatic imine (C=N–C) groups is 1. The first-order valence-electron chi connectivity index (χ1n) is 5.50. The van der Waals surface area contributed by atoms with Gasteiger partial charge in [0.05, 0.1) is 0 Å².